The van der Waals surface area contributed by atoms with E-state index < -0.39 is 5.97 Å². The third-order valence-electron chi connectivity index (χ3n) is 5.38. The van der Waals surface area contributed by atoms with Gasteiger partial charge in [-0.15, -0.1) is 5.10 Å². The Labute approximate surface area is 179 Å². The number of aromatic nitrogens is 3. The fraction of sp³-hybridized carbons (Fsp3) is 0.550. The van der Waals surface area contributed by atoms with Gasteiger partial charge < -0.3 is 15.7 Å². The van der Waals surface area contributed by atoms with Crippen molar-refractivity contribution < 1.29 is 9.90 Å². The Balaban J connectivity index is 1.54. The van der Waals surface area contributed by atoms with Gasteiger partial charge in [-0.05, 0) is 49.9 Å². The van der Waals surface area contributed by atoms with E-state index in [2.05, 4.69) is 65.2 Å². The second-order valence-electron chi connectivity index (χ2n) is 7.53. The molecule has 0 amide bonds. The van der Waals surface area contributed by atoms with Crippen LogP contribution in [-0.2, 0) is 11.2 Å². The molecule has 0 saturated carbocycles. The van der Waals surface area contributed by atoms with Gasteiger partial charge in [0.25, 0.3) is 0 Å². The molecule has 0 aliphatic carbocycles. The molecule has 1 aromatic heterocycles. The van der Waals surface area contributed by atoms with Gasteiger partial charge in [0.2, 0.25) is 11.9 Å². The van der Waals surface area contributed by atoms with Crippen LogP contribution in [0.2, 0.25) is 0 Å². The van der Waals surface area contributed by atoms with E-state index >= 15 is 0 Å². The highest BCUT2D eigenvalue weighted by molar-refractivity contribution is 9.10. The number of rotatable bonds is 10. The summed E-state index contributed by atoms with van der Waals surface area (Å²) in [5.74, 6) is 0.250. The van der Waals surface area contributed by atoms with Gasteiger partial charge in [0, 0.05) is 36.6 Å². The van der Waals surface area contributed by atoms with Gasteiger partial charge in [-0.25, -0.2) is 5.10 Å². The summed E-state index contributed by atoms with van der Waals surface area (Å²) < 4.78 is 1.10. The van der Waals surface area contributed by atoms with Crippen molar-refractivity contribution in [2.75, 3.05) is 36.8 Å². The Hall–Kier alpha value is -2.13. The summed E-state index contributed by atoms with van der Waals surface area (Å²) in [5, 5.41) is 15.8. The highest BCUT2D eigenvalue weighted by Gasteiger charge is 2.28. The number of hydrogen-bond donors (Lipinski definition) is 3. The average Bonchev–Trinajstić information content (AvgIpc) is 3.14. The van der Waals surface area contributed by atoms with Crippen LogP contribution in [0.1, 0.15) is 37.7 Å². The molecule has 2 aromatic rings. The second-order valence-corrected chi connectivity index (χ2v) is 8.44. The first kappa shape index (κ1) is 21.6. The maximum absolute atomic E-state index is 10.8. The quantitative estimate of drug-likeness (QED) is 0.463. The number of unbranched alkanes of at least 4 members (excludes halogenated alkanes) is 1. The van der Waals surface area contributed by atoms with Gasteiger partial charge in [-0.2, -0.15) is 4.98 Å². The van der Waals surface area contributed by atoms with Crippen LogP contribution in [0.3, 0.4) is 0 Å². The minimum absolute atomic E-state index is 0.234. The number of nitrogen functional groups attached to an aromatic ring is 1. The van der Waals surface area contributed by atoms with Gasteiger partial charge in [0.05, 0.1) is 0 Å². The molecule has 158 valence electrons. The SMILES string of the molecule is Nc1nc(N2CCN(CCCc3ccc(Br)cc3)C(CCCCC(=O)O)C2)n[nH]1. The zero-order chi connectivity index (χ0) is 20.6. The largest absolute Gasteiger partial charge is 0.481 e. The third kappa shape index (κ3) is 6.71. The van der Waals surface area contributed by atoms with Crippen molar-refractivity contribution in [2.45, 2.75) is 44.6 Å². The van der Waals surface area contributed by atoms with E-state index in [9.17, 15) is 4.79 Å². The minimum atomic E-state index is -0.724. The molecule has 4 N–H and O–H groups in total. The van der Waals surface area contributed by atoms with Crippen molar-refractivity contribution in [1.82, 2.24) is 20.1 Å². The van der Waals surface area contributed by atoms with E-state index in [-0.39, 0.29) is 6.42 Å². The molecule has 29 heavy (non-hydrogen) atoms. The third-order valence-corrected chi connectivity index (χ3v) is 5.91. The summed E-state index contributed by atoms with van der Waals surface area (Å²) in [4.78, 5) is 19.8. The summed E-state index contributed by atoms with van der Waals surface area (Å²) in [6, 6.07) is 8.87. The van der Waals surface area contributed by atoms with E-state index in [4.69, 9.17) is 10.8 Å². The Morgan fingerprint density at radius 3 is 2.72 bits per heavy atom. The van der Waals surface area contributed by atoms with Crippen molar-refractivity contribution in [3.63, 3.8) is 0 Å². The molecule has 3 rings (SSSR count). The molecule has 8 nitrogen and oxygen atoms in total. The summed E-state index contributed by atoms with van der Waals surface area (Å²) in [5.41, 5.74) is 7.03. The lowest BCUT2D eigenvalue weighted by Gasteiger charge is -2.41. The lowest BCUT2D eigenvalue weighted by molar-refractivity contribution is -0.137. The summed E-state index contributed by atoms with van der Waals surface area (Å²) >= 11 is 3.48. The number of aryl methyl sites for hydroxylation is 1. The van der Waals surface area contributed by atoms with Gasteiger partial charge in [0.1, 0.15) is 0 Å². The van der Waals surface area contributed by atoms with E-state index in [1.165, 1.54) is 5.56 Å². The van der Waals surface area contributed by atoms with E-state index in [0.29, 0.717) is 24.4 Å². The maximum Gasteiger partial charge on any atom is 0.303 e. The Kier molecular flexibility index (Phi) is 7.88. The molecule has 0 radical (unpaired) electrons. The lowest BCUT2D eigenvalue weighted by Crippen LogP contribution is -2.53. The second kappa shape index (κ2) is 10.6. The van der Waals surface area contributed by atoms with Crippen molar-refractivity contribution in [2.24, 2.45) is 0 Å². The zero-order valence-corrected chi connectivity index (χ0v) is 18.1. The number of nitrogens with two attached hydrogens (primary N) is 1. The summed E-state index contributed by atoms with van der Waals surface area (Å²) in [7, 11) is 0. The van der Waals surface area contributed by atoms with Gasteiger partial charge in [-0.1, -0.05) is 34.5 Å². The molecule has 1 saturated heterocycles. The molecular formula is C20H29BrN6O2. The number of aromatic amines is 1. The molecular weight excluding hydrogens is 436 g/mol. The van der Waals surface area contributed by atoms with E-state index in [0.717, 1.165) is 56.3 Å². The van der Waals surface area contributed by atoms with E-state index in [1.807, 2.05) is 0 Å². The van der Waals surface area contributed by atoms with Gasteiger partial charge >= 0.3 is 5.97 Å². The van der Waals surface area contributed by atoms with Crippen LogP contribution in [0.15, 0.2) is 28.7 Å². The van der Waals surface area contributed by atoms with E-state index in [1.54, 1.807) is 0 Å². The normalized spacial score (nSPS) is 17.6. The Morgan fingerprint density at radius 1 is 1.24 bits per heavy atom. The van der Waals surface area contributed by atoms with Crippen LogP contribution in [0, 0.1) is 0 Å². The monoisotopic (exact) mass is 464 g/mol. The first-order valence-corrected chi connectivity index (χ1v) is 10.9. The topological polar surface area (TPSA) is 111 Å². The Bertz CT molecular complexity index is 782. The fourth-order valence-corrected chi connectivity index (χ4v) is 4.11. The van der Waals surface area contributed by atoms with Crippen LogP contribution < -0.4 is 10.6 Å². The molecule has 9 heteroatoms. The predicted molar refractivity (Wildman–Crippen MR) is 117 cm³/mol. The molecule has 1 atom stereocenters. The first-order chi connectivity index (χ1) is 14.0. The molecule has 1 fully saturated rings. The number of piperazine rings is 1. The van der Waals surface area contributed by atoms with Crippen LogP contribution in [0.4, 0.5) is 11.9 Å². The number of nitrogens with one attached hydrogen (secondary N) is 1. The minimum Gasteiger partial charge on any atom is -0.481 e. The summed E-state index contributed by atoms with van der Waals surface area (Å²) in [6.07, 6.45) is 4.98. The Morgan fingerprint density at radius 2 is 2.03 bits per heavy atom. The lowest BCUT2D eigenvalue weighted by atomic mass is 10.0. The van der Waals surface area contributed by atoms with Gasteiger partial charge in [-0.3, -0.25) is 9.69 Å². The smallest absolute Gasteiger partial charge is 0.303 e. The number of halogens is 1. The number of benzene rings is 1. The number of H-pyrrole nitrogens is 1. The van der Waals surface area contributed by atoms with Crippen molar-refractivity contribution in [3.05, 3.63) is 34.3 Å². The summed E-state index contributed by atoms with van der Waals surface area (Å²) in [6.45, 7) is 3.67. The highest BCUT2D eigenvalue weighted by Crippen LogP contribution is 2.21. The number of carboxylic acids is 1. The number of aliphatic carboxylic acids is 1. The van der Waals surface area contributed by atoms with Crippen LogP contribution >= 0.6 is 15.9 Å². The van der Waals surface area contributed by atoms with Crippen molar-refractivity contribution >= 4 is 33.8 Å². The number of nitrogens with zero attached hydrogens (tertiary/aromatic N) is 4. The molecule has 1 unspecified atom stereocenters. The van der Waals surface area contributed by atoms with Crippen molar-refractivity contribution in [1.29, 1.82) is 0 Å². The highest BCUT2D eigenvalue weighted by atomic mass is 79.9. The molecule has 0 bridgehead atoms. The fourth-order valence-electron chi connectivity index (χ4n) is 3.84. The van der Waals surface area contributed by atoms with Crippen molar-refractivity contribution in [3.8, 4) is 0 Å². The number of carbonyl (C=O) groups is 1. The zero-order valence-electron chi connectivity index (χ0n) is 16.6. The maximum atomic E-state index is 10.8. The number of hydrogen-bond acceptors (Lipinski definition) is 6. The van der Waals surface area contributed by atoms with Crippen LogP contribution in [0.5, 0.6) is 0 Å². The molecule has 1 aliphatic heterocycles. The standard InChI is InChI=1S/C20H29BrN6O2/c21-16-9-7-15(8-10-16)4-3-11-26-12-13-27(20-23-19(22)24-25-20)14-17(26)5-1-2-6-18(28)29/h7-10,17H,1-6,11-14H2,(H,28,29)(H3,22,23,24,25). The molecule has 0 spiro atoms. The first-order valence-electron chi connectivity index (χ1n) is 10.1. The van der Waals surface area contributed by atoms with Crippen LogP contribution in [-0.4, -0.2) is 63.4 Å². The predicted octanol–water partition coefficient (Wildman–Crippen LogP) is 2.92. The molecule has 2 heterocycles. The number of carboxylic acid groups (broad SMARTS) is 1. The average molecular weight is 465 g/mol. The van der Waals surface area contributed by atoms with Crippen LogP contribution in [0.25, 0.3) is 0 Å². The molecule has 1 aliphatic rings. The van der Waals surface area contributed by atoms with Gasteiger partial charge in [0.15, 0.2) is 0 Å². The number of anilines is 2. The molecule has 1 aromatic carbocycles.